The molecule has 2 N–H and O–H groups in total. The number of carboxylic acid groups (broad SMARTS) is 1. The molecule has 240 valence electrons. The number of aryl methyl sites for hydroxylation is 1. The summed E-state index contributed by atoms with van der Waals surface area (Å²) >= 11 is 5.92. The van der Waals surface area contributed by atoms with E-state index in [1.54, 1.807) is 45.0 Å². The second-order valence-corrected chi connectivity index (χ2v) is 15.2. The van der Waals surface area contributed by atoms with E-state index in [1.165, 1.54) is 30.5 Å². The first-order chi connectivity index (χ1) is 20.4. The van der Waals surface area contributed by atoms with Crippen LogP contribution >= 0.6 is 11.6 Å². The van der Waals surface area contributed by atoms with Crippen molar-refractivity contribution in [1.82, 2.24) is 24.3 Å². The Balaban J connectivity index is 1.57. The lowest BCUT2D eigenvalue weighted by Gasteiger charge is -2.37. The summed E-state index contributed by atoms with van der Waals surface area (Å²) in [6.45, 7) is 7.74. The van der Waals surface area contributed by atoms with Crippen molar-refractivity contribution in [2.75, 3.05) is 13.1 Å². The van der Waals surface area contributed by atoms with Crippen molar-refractivity contribution in [2.24, 2.45) is 13.0 Å². The van der Waals surface area contributed by atoms with Gasteiger partial charge in [-0.15, -0.1) is 0 Å². The van der Waals surface area contributed by atoms with Crippen molar-refractivity contribution in [2.45, 2.75) is 76.8 Å². The first kappa shape index (κ1) is 33.2. The van der Waals surface area contributed by atoms with Gasteiger partial charge in [-0.2, -0.15) is 9.40 Å². The quantitative estimate of drug-likeness (QED) is 0.392. The van der Waals surface area contributed by atoms with E-state index in [9.17, 15) is 32.7 Å². The van der Waals surface area contributed by atoms with E-state index in [1.807, 2.05) is 0 Å². The monoisotopic (exact) mass is 651 g/mol. The summed E-state index contributed by atoms with van der Waals surface area (Å²) in [6.07, 6.45) is -0.786. The number of sulfonamides is 1. The number of benzene rings is 1. The maximum Gasteiger partial charge on any atom is 0.424 e. The van der Waals surface area contributed by atoms with E-state index in [2.05, 4.69) is 10.4 Å². The lowest BCUT2D eigenvalue weighted by Crippen LogP contribution is -2.58. The molecule has 44 heavy (non-hydrogen) atoms. The third-order valence-corrected chi connectivity index (χ3v) is 10.4. The van der Waals surface area contributed by atoms with Crippen molar-refractivity contribution in [3.8, 4) is 0 Å². The Hall–Kier alpha value is -3.65. The zero-order valence-electron chi connectivity index (χ0n) is 25.6. The van der Waals surface area contributed by atoms with E-state index in [0.29, 0.717) is 14.9 Å². The molecule has 1 aromatic heterocycles. The van der Waals surface area contributed by atoms with Gasteiger partial charge in [-0.25, -0.2) is 18.0 Å². The normalized spacial score (nSPS) is 16.7. The van der Waals surface area contributed by atoms with E-state index < -0.39 is 56.2 Å². The number of aromatic nitrogens is 2. The lowest BCUT2D eigenvalue weighted by atomic mass is 10.0. The number of ether oxygens (including phenoxy) is 1. The molecule has 13 nitrogen and oxygen atoms in total. The first-order valence-electron chi connectivity index (χ1n) is 14.3. The van der Waals surface area contributed by atoms with Gasteiger partial charge in [0.25, 0.3) is 11.8 Å². The number of halogens is 1. The molecular weight excluding hydrogens is 614 g/mol. The molecule has 2 aromatic rings. The number of carbonyl (C=O) groups is 4. The van der Waals surface area contributed by atoms with Gasteiger partial charge in [-0.1, -0.05) is 37.6 Å². The van der Waals surface area contributed by atoms with Crippen LogP contribution in [0.15, 0.2) is 24.3 Å². The van der Waals surface area contributed by atoms with E-state index in [0.717, 1.165) is 5.56 Å². The van der Waals surface area contributed by atoms with Crippen LogP contribution in [0.1, 0.15) is 79.6 Å². The van der Waals surface area contributed by atoms with Crippen molar-refractivity contribution in [3.63, 3.8) is 0 Å². The van der Waals surface area contributed by atoms with Gasteiger partial charge in [0.15, 0.2) is 11.7 Å². The average molecular weight is 652 g/mol. The molecule has 2 aliphatic rings. The summed E-state index contributed by atoms with van der Waals surface area (Å²) in [5.74, 6) is -3.22. The SMILES string of the molecule is CC(C)[C@H](C(=O)O)N(C(=O)OC(C)(C)C)S(=O)(=O)C1(CN2CCc3c(C(=O)NCc4ccc(Cl)cc4)nn(C)c3C2=O)CC1. The third kappa shape index (κ3) is 6.55. The van der Waals surface area contributed by atoms with Crippen LogP contribution in [0.4, 0.5) is 4.79 Å². The zero-order valence-corrected chi connectivity index (χ0v) is 27.2. The number of hydrogen-bond donors (Lipinski definition) is 2. The van der Waals surface area contributed by atoms with Crippen LogP contribution in [0.3, 0.4) is 0 Å². The highest BCUT2D eigenvalue weighted by atomic mass is 35.5. The fourth-order valence-corrected chi connectivity index (χ4v) is 7.64. The van der Waals surface area contributed by atoms with Crippen LogP contribution in [-0.2, 0) is 39.6 Å². The highest BCUT2D eigenvalue weighted by Gasteiger charge is 2.62. The standard InChI is InChI=1S/C29H38ClN5O8S/c1-17(2)22(26(38)39)35(27(40)43-28(3,4)5)44(41,42)29(12-13-29)16-34-14-11-20-21(32-33(6)23(20)25(34)37)24(36)31-15-18-7-9-19(30)10-8-18/h7-10,17,22H,11-16H2,1-6H3,(H,31,36)(H,38,39)/t22-/m1/s1. The third-order valence-electron chi connectivity index (χ3n) is 7.65. The Kier molecular flexibility index (Phi) is 9.09. The maximum absolute atomic E-state index is 14.1. The Labute approximate surface area is 261 Å². The topological polar surface area (TPSA) is 168 Å². The molecule has 0 saturated heterocycles. The van der Waals surface area contributed by atoms with Crippen molar-refractivity contribution in [3.05, 3.63) is 51.8 Å². The summed E-state index contributed by atoms with van der Waals surface area (Å²) < 4.78 is 33.7. The van der Waals surface area contributed by atoms with Gasteiger partial charge in [0, 0.05) is 37.3 Å². The van der Waals surface area contributed by atoms with E-state index in [-0.39, 0.29) is 50.3 Å². The summed E-state index contributed by atoms with van der Waals surface area (Å²) in [7, 11) is -3.08. The molecule has 2 heterocycles. The van der Waals surface area contributed by atoms with Crippen LogP contribution in [0, 0.1) is 5.92 Å². The van der Waals surface area contributed by atoms with Gasteiger partial charge < -0.3 is 20.1 Å². The molecule has 0 spiro atoms. The molecule has 1 saturated carbocycles. The van der Waals surface area contributed by atoms with Gasteiger partial charge >= 0.3 is 12.1 Å². The largest absolute Gasteiger partial charge is 0.480 e. The van der Waals surface area contributed by atoms with Crippen molar-refractivity contribution >= 4 is 45.5 Å². The minimum atomic E-state index is -4.62. The summed E-state index contributed by atoms with van der Waals surface area (Å²) in [4.78, 5) is 53.6. The lowest BCUT2D eigenvalue weighted by molar-refractivity contribution is -0.142. The molecule has 1 fully saturated rings. The van der Waals surface area contributed by atoms with Gasteiger partial charge in [-0.05, 0) is 63.6 Å². The number of carboxylic acids is 1. The predicted molar refractivity (Wildman–Crippen MR) is 161 cm³/mol. The number of hydrogen-bond acceptors (Lipinski definition) is 8. The van der Waals surface area contributed by atoms with Crippen LogP contribution in [0.2, 0.25) is 5.02 Å². The fourth-order valence-electron chi connectivity index (χ4n) is 5.29. The number of aliphatic carboxylic acids is 1. The fraction of sp³-hybridized carbons (Fsp3) is 0.552. The molecular formula is C29H38ClN5O8S. The number of nitrogens with one attached hydrogen (secondary N) is 1. The van der Waals surface area contributed by atoms with Gasteiger partial charge in [0.2, 0.25) is 10.0 Å². The minimum absolute atomic E-state index is 0.102. The zero-order chi connectivity index (χ0) is 32.8. The highest BCUT2D eigenvalue weighted by Crippen LogP contribution is 2.47. The van der Waals surface area contributed by atoms with Crippen molar-refractivity contribution in [1.29, 1.82) is 0 Å². The Morgan fingerprint density at radius 1 is 1.18 bits per heavy atom. The minimum Gasteiger partial charge on any atom is -0.480 e. The maximum atomic E-state index is 14.1. The number of fused-ring (bicyclic) bond motifs is 1. The van der Waals surface area contributed by atoms with Crippen LogP contribution in [-0.4, -0.2) is 85.9 Å². The Morgan fingerprint density at radius 3 is 2.32 bits per heavy atom. The Bertz CT molecular complexity index is 1580. The summed E-state index contributed by atoms with van der Waals surface area (Å²) in [5.41, 5.74) is 0.468. The van der Waals surface area contributed by atoms with Crippen LogP contribution in [0.25, 0.3) is 0 Å². The van der Waals surface area contributed by atoms with Crippen molar-refractivity contribution < 1.29 is 37.4 Å². The molecule has 4 rings (SSSR count). The number of carbonyl (C=O) groups excluding carboxylic acids is 3. The predicted octanol–water partition coefficient (Wildman–Crippen LogP) is 3.21. The molecule has 0 bridgehead atoms. The average Bonchev–Trinajstić information content (AvgIpc) is 3.63. The van der Waals surface area contributed by atoms with E-state index in [4.69, 9.17) is 16.3 Å². The molecule has 0 unspecified atom stereocenters. The molecule has 1 aliphatic heterocycles. The van der Waals surface area contributed by atoms with Crippen LogP contribution in [0.5, 0.6) is 0 Å². The molecule has 1 atom stereocenters. The smallest absolute Gasteiger partial charge is 0.424 e. The Morgan fingerprint density at radius 2 is 1.80 bits per heavy atom. The number of amides is 3. The molecule has 1 aliphatic carbocycles. The van der Waals surface area contributed by atoms with E-state index >= 15 is 0 Å². The summed E-state index contributed by atoms with van der Waals surface area (Å²) in [6, 6.07) is 5.28. The second-order valence-electron chi connectivity index (χ2n) is 12.6. The van der Waals surface area contributed by atoms with Gasteiger partial charge in [0.05, 0.1) is 0 Å². The molecule has 3 amide bonds. The number of nitrogens with zero attached hydrogens (tertiary/aromatic N) is 4. The molecule has 1 aromatic carbocycles. The molecule has 15 heteroatoms. The van der Waals surface area contributed by atoms with Gasteiger partial charge in [0.1, 0.15) is 16.0 Å². The first-order valence-corrected chi connectivity index (χ1v) is 16.1. The second kappa shape index (κ2) is 12.0. The van der Waals surface area contributed by atoms with Crippen LogP contribution < -0.4 is 5.32 Å². The number of rotatable bonds is 10. The molecule has 0 radical (unpaired) electrons. The van der Waals surface area contributed by atoms with Gasteiger partial charge in [-0.3, -0.25) is 14.3 Å². The summed E-state index contributed by atoms with van der Waals surface area (Å²) in [5, 5.41) is 17.6. The highest BCUT2D eigenvalue weighted by molar-refractivity contribution is 7.91.